The van der Waals surface area contributed by atoms with E-state index < -0.39 is 0 Å². The zero-order chi connectivity index (χ0) is 19.7. The first-order valence-corrected chi connectivity index (χ1v) is 10.2. The minimum atomic E-state index is 0.102. The fourth-order valence-electron chi connectivity index (χ4n) is 4.63. The third-order valence-corrected chi connectivity index (χ3v) is 6.63. The van der Waals surface area contributed by atoms with Gasteiger partial charge in [-0.2, -0.15) is 5.10 Å². The molecule has 2 fully saturated rings. The fourth-order valence-corrected chi connectivity index (χ4v) is 4.63. The highest BCUT2D eigenvalue weighted by Crippen LogP contribution is 2.32. The van der Waals surface area contributed by atoms with Crippen LogP contribution in [-0.4, -0.2) is 76.2 Å². The summed E-state index contributed by atoms with van der Waals surface area (Å²) in [4.78, 5) is 19.1. The van der Waals surface area contributed by atoms with Gasteiger partial charge in [0.15, 0.2) is 0 Å². The molecule has 4 rings (SSSR count). The first-order valence-electron chi connectivity index (χ1n) is 10.2. The summed E-state index contributed by atoms with van der Waals surface area (Å²) < 4.78 is 1.98. The molecule has 0 bridgehead atoms. The smallest absolute Gasteiger partial charge is 0.222 e. The van der Waals surface area contributed by atoms with Gasteiger partial charge in [0.2, 0.25) is 5.91 Å². The van der Waals surface area contributed by atoms with Gasteiger partial charge in [-0.3, -0.25) is 14.6 Å². The molecule has 3 heterocycles. The number of para-hydroxylation sites is 1. The number of rotatable bonds is 3. The number of hydrogen-bond donors (Lipinski definition) is 0. The van der Waals surface area contributed by atoms with Gasteiger partial charge in [0, 0.05) is 63.5 Å². The van der Waals surface area contributed by atoms with E-state index in [1.54, 1.807) is 0 Å². The van der Waals surface area contributed by atoms with E-state index in [9.17, 15) is 4.79 Å². The summed E-state index contributed by atoms with van der Waals surface area (Å²) in [5, 5.41) is 4.59. The number of aromatic nitrogens is 2. The predicted molar refractivity (Wildman–Crippen MR) is 110 cm³/mol. The number of carbonyl (C=O) groups is 1. The molecule has 0 N–H and O–H groups in total. The monoisotopic (exact) mass is 381 g/mol. The summed E-state index contributed by atoms with van der Waals surface area (Å²) in [7, 11) is 4.16. The third-order valence-electron chi connectivity index (χ3n) is 6.63. The first kappa shape index (κ1) is 19.2. The van der Waals surface area contributed by atoms with Crippen molar-refractivity contribution in [2.24, 2.45) is 0 Å². The quantitative estimate of drug-likeness (QED) is 0.818. The van der Waals surface area contributed by atoms with Crippen LogP contribution in [0.25, 0.3) is 5.69 Å². The maximum atomic E-state index is 12.2. The van der Waals surface area contributed by atoms with Crippen LogP contribution >= 0.6 is 0 Å². The average molecular weight is 382 g/mol. The van der Waals surface area contributed by atoms with Crippen molar-refractivity contribution in [3.05, 3.63) is 47.8 Å². The van der Waals surface area contributed by atoms with Crippen LogP contribution in [0.15, 0.2) is 36.7 Å². The van der Waals surface area contributed by atoms with Gasteiger partial charge in [-0.15, -0.1) is 0 Å². The number of benzene rings is 1. The molecule has 150 valence electrons. The molecule has 0 saturated carbocycles. The van der Waals surface area contributed by atoms with E-state index in [0.717, 1.165) is 51.3 Å². The zero-order valence-electron chi connectivity index (χ0n) is 17.3. The molecule has 1 spiro atoms. The molecule has 0 unspecified atom stereocenters. The molecular weight excluding hydrogens is 350 g/mol. The number of carbonyl (C=O) groups excluding carboxylic acids is 1. The predicted octanol–water partition coefficient (Wildman–Crippen LogP) is 2.31. The highest BCUT2D eigenvalue weighted by atomic mass is 16.2. The van der Waals surface area contributed by atoms with E-state index in [2.05, 4.69) is 59.3 Å². The molecule has 2 saturated heterocycles. The Hall–Kier alpha value is -2.18. The minimum Gasteiger partial charge on any atom is -0.346 e. The molecular formula is C22H31N5O. The molecule has 1 atom stereocenters. The number of hydrogen-bond acceptors (Lipinski definition) is 4. The Kier molecular flexibility index (Phi) is 5.25. The van der Waals surface area contributed by atoms with Crippen molar-refractivity contribution in [2.45, 2.75) is 38.3 Å². The van der Waals surface area contributed by atoms with Crippen molar-refractivity contribution in [2.75, 3.05) is 40.3 Å². The van der Waals surface area contributed by atoms with Crippen molar-refractivity contribution in [3.63, 3.8) is 0 Å². The SMILES string of the molecule is Cc1ccccc1-n1cc(CN2CCN(C)[C@@]3(CCC(=O)N(C)CC3)C2)cn1. The fraction of sp³-hybridized carbons (Fsp3) is 0.545. The number of aryl methyl sites for hydroxylation is 1. The van der Waals surface area contributed by atoms with Crippen molar-refractivity contribution in [1.82, 2.24) is 24.5 Å². The second-order valence-electron chi connectivity index (χ2n) is 8.50. The Bertz CT molecular complexity index is 847. The van der Waals surface area contributed by atoms with E-state index >= 15 is 0 Å². The van der Waals surface area contributed by atoms with Gasteiger partial charge in [0.25, 0.3) is 0 Å². The maximum Gasteiger partial charge on any atom is 0.222 e. The summed E-state index contributed by atoms with van der Waals surface area (Å²) in [6.07, 6.45) is 6.79. The molecule has 28 heavy (non-hydrogen) atoms. The van der Waals surface area contributed by atoms with Crippen LogP contribution in [0.1, 0.15) is 30.4 Å². The second-order valence-corrected chi connectivity index (χ2v) is 8.50. The third kappa shape index (κ3) is 3.71. The average Bonchev–Trinajstić information content (AvgIpc) is 3.09. The van der Waals surface area contributed by atoms with Crippen molar-refractivity contribution < 1.29 is 4.79 Å². The Morgan fingerprint density at radius 1 is 1.11 bits per heavy atom. The van der Waals surface area contributed by atoms with Crippen molar-refractivity contribution in [1.29, 1.82) is 0 Å². The van der Waals surface area contributed by atoms with Gasteiger partial charge in [0.1, 0.15) is 0 Å². The molecule has 2 aliphatic rings. The van der Waals surface area contributed by atoms with Crippen molar-refractivity contribution in [3.8, 4) is 5.69 Å². The Morgan fingerprint density at radius 2 is 1.93 bits per heavy atom. The molecule has 2 aliphatic heterocycles. The van der Waals surface area contributed by atoms with Crippen LogP contribution in [0.4, 0.5) is 0 Å². The Morgan fingerprint density at radius 3 is 2.75 bits per heavy atom. The van der Waals surface area contributed by atoms with E-state index in [1.807, 2.05) is 22.8 Å². The normalized spacial score (nSPS) is 24.7. The topological polar surface area (TPSA) is 44.6 Å². The summed E-state index contributed by atoms with van der Waals surface area (Å²) in [5.74, 6) is 0.280. The van der Waals surface area contributed by atoms with Gasteiger partial charge in [-0.25, -0.2) is 4.68 Å². The lowest BCUT2D eigenvalue weighted by Gasteiger charge is -2.49. The van der Waals surface area contributed by atoms with Gasteiger partial charge < -0.3 is 4.90 Å². The molecule has 1 aromatic heterocycles. The zero-order valence-corrected chi connectivity index (χ0v) is 17.3. The summed E-state index contributed by atoms with van der Waals surface area (Å²) in [6, 6.07) is 8.33. The lowest BCUT2D eigenvalue weighted by Crippen LogP contribution is -2.60. The number of likely N-dealkylation sites (tertiary alicyclic amines) is 1. The second kappa shape index (κ2) is 7.68. The highest BCUT2D eigenvalue weighted by Gasteiger charge is 2.41. The van der Waals surface area contributed by atoms with Crippen LogP contribution in [0, 0.1) is 6.92 Å². The molecule has 6 nitrogen and oxygen atoms in total. The summed E-state index contributed by atoms with van der Waals surface area (Å²) in [6.45, 7) is 6.99. The molecule has 6 heteroatoms. The van der Waals surface area contributed by atoms with Crippen LogP contribution in [0.5, 0.6) is 0 Å². The number of piperazine rings is 1. The molecule has 2 aromatic rings. The number of nitrogens with zero attached hydrogens (tertiary/aromatic N) is 5. The maximum absolute atomic E-state index is 12.2. The molecule has 0 aliphatic carbocycles. The molecule has 1 aromatic carbocycles. The molecule has 1 amide bonds. The lowest BCUT2D eigenvalue weighted by atomic mass is 9.86. The Labute approximate surface area is 167 Å². The summed E-state index contributed by atoms with van der Waals surface area (Å²) >= 11 is 0. The minimum absolute atomic E-state index is 0.102. The standard InChI is InChI=1S/C22H31N5O/c1-18-6-4-5-7-20(18)27-16-19(14-23-27)15-26-13-12-25(3)22(17-26)9-8-21(28)24(2)11-10-22/h4-7,14,16H,8-13,15,17H2,1-3H3/t22-/m1/s1. The van der Waals surface area contributed by atoms with Crippen LogP contribution in [0.2, 0.25) is 0 Å². The van der Waals surface area contributed by atoms with E-state index in [0.29, 0.717) is 6.42 Å². The van der Waals surface area contributed by atoms with Gasteiger partial charge >= 0.3 is 0 Å². The molecule has 0 radical (unpaired) electrons. The largest absolute Gasteiger partial charge is 0.346 e. The summed E-state index contributed by atoms with van der Waals surface area (Å²) in [5.41, 5.74) is 3.70. The van der Waals surface area contributed by atoms with Gasteiger partial charge in [0.05, 0.1) is 11.9 Å². The van der Waals surface area contributed by atoms with Crippen LogP contribution in [-0.2, 0) is 11.3 Å². The first-order chi connectivity index (χ1) is 13.5. The van der Waals surface area contributed by atoms with Crippen molar-refractivity contribution >= 4 is 5.91 Å². The van der Waals surface area contributed by atoms with Gasteiger partial charge in [-0.05, 0) is 38.4 Å². The van der Waals surface area contributed by atoms with E-state index in [4.69, 9.17) is 0 Å². The lowest BCUT2D eigenvalue weighted by molar-refractivity contribution is -0.129. The Balaban J connectivity index is 1.47. The van der Waals surface area contributed by atoms with Crippen LogP contribution in [0.3, 0.4) is 0 Å². The van der Waals surface area contributed by atoms with Gasteiger partial charge in [-0.1, -0.05) is 18.2 Å². The number of amides is 1. The highest BCUT2D eigenvalue weighted by molar-refractivity contribution is 5.76. The van der Waals surface area contributed by atoms with E-state index in [-0.39, 0.29) is 11.4 Å². The van der Waals surface area contributed by atoms with Crippen LogP contribution < -0.4 is 0 Å². The number of likely N-dealkylation sites (N-methyl/N-ethyl adjacent to an activating group) is 1. The van der Waals surface area contributed by atoms with E-state index in [1.165, 1.54) is 11.1 Å².